The molecule has 8 nitrogen and oxygen atoms in total. The number of hydrogen-bond donors (Lipinski definition) is 1. The van der Waals surface area contributed by atoms with Crippen LogP contribution < -0.4 is 10.2 Å². The summed E-state index contributed by atoms with van der Waals surface area (Å²) in [6, 6.07) is 11.4. The van der Waals surface area contributed by atoms with Crippen molar-refractivity contribution in [3.8, 4) is 0 Å². The summed E-state index contributed by atoms with van der Waals surface area (Å²) >= 11 is 0. The normalized spacial score (nSPS) is 15.3. The van der Waals surface area contributed by atoms with Gasteiger partial charge >= 0.3 is 5.97 Å². The molecule has 0 radical (unpaired) electrons. The van der Waals surface area contributed by atoms with E-state index in [2.05, 4.69) is 10.3 Å². The van der Waals surface area contributed by atoms with E-state index in [9.17, 15) is 14.4 Å². The van der Waals surface area contributed by atoms with E-state index in [1.54, 1.807) is 29.4 Å². The van der Waals surface area contributed by atoms with E-state index in [0.717, 1.165) is 16.8 Å². The number of nitrogens with zero attached hydrogens (tertiary/aromatic N) is 2. The van der Waals surface area contributed by atoms with Gasteiger partial charge in [0.15, 0.2) is 0 Å². The van der Waals surface area contributed by atoms with Crippen molar-refractivity contribution in [3.05, 3.63) is 66.0 Å². The summed E-state index contributed by atoms with van der Waals surface area (Å²) in [7, 11) is 0. The molecule has 1 N–H and O–H groups in total. The quantitative estimate of drug-likeness (QED) is 0.232. The molecule has 0 fully saturated rings. The Bertz CT molecular complexity index is 1150. The second-order valence-electron chi connectivity index (χ2n) is 11.4. The van der Waals surface area contributed by atoms with Crippen molar-refractivity contribution in [3.63, 3.8) is 0 Å². The Morgan fingerprint density at radius 3 is 2.59 bits per heavy atom. The molecule has 39 heavy (non-hydrogen) atoms. The van der Waals surface area contributed by atoms with Crippen molar-refractivity contribution in [1.82, 2.24) is 10.3 Å². The Labute approximate surface area is 231 Å². The van der Waals surface area contributed by atoms with Gasteiger partial charge in [-0.1, -0.05) is 24.3 Å². The van der Waals surface area contributed by atoms with Crippen molar-refractivity contribution in [1.29, 1.82) is 0 Å². The zero-order chi connectivity index (χ0) is 28.5. The molecule has 1 atom stereocenters. The van der Waals surface area contributed by atoms with Crippen LogP contribution in [0, 0.1) is 0 Å². The molecule has 1 aromatic heterocycles. The molecule has 2 amide bonds. The number of benzene rings is 1. The Balaban J connectivity index is 1.47. The van der Waals surface area contributed by atoms with Crippen molar-refractivity contribution < 1.29 is 23.9 Å². The number of pyridine rings is 1. The van der Waals surface area contributed by atoms with Crippen LogP contribution in [0.4, 0.5) is 5.69 Å². The van der Waals surface area contributed by atoms with Crippen LogP contribution in [-0.2, 0) is 23.9 Å². The third-order valence-corrected chi connectivity index (χ3v) is 6.39. The van der Waals surface area contributed by atoms with Gasteiger partial charge in [-0.25, -0.2) is 0 Å². The van der Waals surface area contributed by atoms with Gasteiger partial charge in [-0.05, 0) is 70.4 Å². The molecule has 0 spiro atoms. The molecule has 1 unspecified atom stereocenters. The molecule has 0 bridgehead atoms. The van der Waals surface area contributed by atoms with Gasteiger partial charge in [0.05, 0.1) is 18.6 Å². The number of para-hydroxylation sites is 1. The summed E-state index contributed by atoms with van der Waals surface area (Å²) in [5.41, 5.74) is 1.76. The number of anilines is 1. The first-order valence-electron chi connectivity index (χ1n) is 13.5. The number of hydrogen-bond acceptors (Lipinski definition) is 6. The van der Waals surface area contributed by atoms with Crippen molar-refractivity contribution in [2.75, 3.05) is 24.6 Å². The number of ether oxygens (including phenoxy) is 2. The van der Waals surface area contributed by atoms with Crippen LogP contribution in [-0.4, -0.2) is 53.7 Å². The number of rotatable bonds is 12. The fourth-order valence-electron chi connectivity index (χ4n) is 4.40. The lowest BCUT2D eigenvalue weighted by atomic mass is 9.98. The Kier molecular flexibility index (Phi) is 10.4. The zero-order valence-electron chi connectivity index (χ0n) is 23.7. The average Bonchev–Trinajstić information content (AvgIpc) is 3.23. The SMILES string of the molecule is CC(C)(C)OCCC(C)(C)OC(=O)CC1CN(C(=O)CCCNC(=O)/C=C/c2cccnc2)c2ccccc21. The van der Waals surface area contributed by atoms with Crippen molar-refractivity contribution in [2.24, 2.45) is 0 Å². The Hall–Kier alpha value is -3.52. The molecular weight excluding hydrogens is 494 g/mol. The first-order valence-corrected chi connectivity index (χ1v) is 13.5. The Morgan fingerprint density at radius 2 is 1.87 bits per heavy atom. The minimum Gasteiger partial charge on any atom is -0.460 e. The summed E-state index contributed by atoms with van der Waals surface area (Å²) in [6.07, 6.45) is 8.10. The number of aromatic nitrogens is 1. The predicted octanol–water partition coefficient (Wildman–Crippen LogP) is 5.04. The van der Waals surface area contributed by atoms with Crippen LogP contribution in [0.15, 0.2) is 54.9 Å². The lowest BCUT2D eigenvalue weighted by molar-refractivity contribution is -0.159. The number of amides is 2. The molecule has 2 aromatic rings. The maximum Gasteiger partial charge on any atom is 0.307 e. The van der Waals surface area contributed by atoms with Gasteiger partial charge in [-0.3, -0.25) is 19.4 Å². The molecule has 0 aliphatic carbocycles. The van der Waals surface area contributed by atoms with E-state index in [1.165, 1.54) is 6.08 Å². The summed E-state index contributed by atoms with van der Waals surface area (Å²) in [5, 5.41) is 2.81. The van der Waals surface area contributed by atoms with Gasteiger partial charge in [0, 0.05) is 56.0 Å². The molecule has 8 heteroatoms. The van der Waals surface area contributed by atoms with Gasteiger partial charge < -0.3 is 19.7 Å². The highest BCUT2D eigenvalue weighted by molar-refractivity contribution is 5.96. The van der Waals surface area contributed by atoms with Crippen LogP contribution >= 0.6 is 0 Å². The summed E-state index contributed by atoms with van der Waals surface area (Å²) in [6.45, 7) is 11.1. The lowest BCUT2D eigenvalue weighted by Crippen LogP contribution is -2.33. The second-order valence-corrected chi connectivity index (χ2v) is 11.4. The molecule has 0 saturated carbocycles. The highest BCUT2D eigenvalue weighted by Gasteiger charge is 2.34. The molecule has 0 saturated heterocycles. The summed E-state index contributed by atoms with van der Waals surface area (Å²) < 4.78 is 11.6. The van der Waals surface area contributed by atoms with Gasteiger partial charge in [0.25, 0.3) is 0 Å². The van der Waals surface area contributed by atoms with Crippen LogP contribution in [0.5, 0.6) is 0 Å². The van der Waals surface area contributed by atoms with Crippen LogP contribution in [0.3, 0.4) is 0 Å². The fraction of sp³-hybridized carbons (Fsp3) is 0.484. The van der Waals surface area contributed by atoms with E-state index < -0.39 is 5.60 Å². The number of fused-ring (bicyclic) bond motifs is 1. The minimum absolute atomic E-state index is 0.0295. The monoisotopic (exact) mass is 535 g/mol. The van der Waals surface area contributed by atoms with E-state index in [-0.39, 0.29) is 35.7 Å². The Morgan fingerprint density at radius 1 is 1.10 bits per heavy atom. The first kappa shape index (κ1) is 30.0. The fourth-order valence-corrected chi connectivity index (χ4v) is 4.40. The van der Waals surface area contributed by atoms with Gasteiger partial charge in [-0.15, -0.1) is 0 Å². The standard InChI is InChI=1S/C31H41N3O5/c1-30(2,3)38-19-16-31(4,5)39-29(37)20-24-22-34(26-12-7-6-11-25(24)26)28(36)13-9-18-33-27(35)15-14-23-10-8-17-32-21-23/h6-8,10-12,14-15,17,21,24H,9,13,16,18-20,22H2,1-5H3,(H,33,35)/b15-14+. The van der Waals surface area contributed by atoms with Crippen LogP contribution in [0.25, 0.3) is 6.08 Å². The highest BCUT2D eigenvalue weighted by atomic mass is 16.6. The molecule has 1 aliphatic heterocycles. The molecule has 1 aromatic carbocycles. The summed E-state index contributed by atoms with van der Waals surface area (Å²) in [4.78, 5) is 43.8. The predicted molar refractivity (Wildman–Crippen MR) is 152 cm³/mol. The summed E-state index contributed by atoms with van der Waals surface area (Å²) in [5.74, 6) is -0.661. The van der Waals surface area contributed by atoms with E-state index >= 15 is 0 Å². The van der Waals surface area contributed by atoms with E-state index in [4.69, 9.17) is 9.47 Å². The van der Waals surface area contributed by atoms with Gasteiger partial charge in [0.1, 0.15) is 5.60 Å². The second kappa shape index (κ2) is 13.5. The maximum atomic E-state index is 13.1. The number of carbonyl (C=O) groups is 3. The largest absolute Gasteiger partial charge is 0.460 e. The number of nitrogens with one attached hydrogen (secondary N) is 1. The maximum absolute atomic E-state index is 13.1. The third-order valence-electron chi connectivity index (χ3n) is 6.39. The van der Waals surface area contributed by atoms with E-state index in [1.807, 2.05) is 65.0 Å². The number of esters is 1. The van der Waals surface area contributed by atoms with Gasteiger partial charge in [0.2, 0.25) is 11.8 Å². The van der Waals surface area contributed by atoms with Gasteiger partial charge in [-0.2, -0.15) is 0 Å². The molecular formula is C31H41N3O5. The molecule has 2 heterocycles. The van der Waals surface area contributed by atoms with Crippen LogP contribution in [0.2, 0.25) is 0 Å². The zero-order valence-corrected chi connectivity index (χ0v) is 23.7. The smallest absolute Gasteiger partial charge is 0.307 e. The minimum atomic E-state index is -0.645. The van der Waals surface area contributed by atoms with Crippen molar-refractivity contribution in [2.45, 2.75) is 77.4 Å². The number of carbonyl (C=O) groups excluding carboxylic acids is 3. The highest BCUT2D eigenvalue weighted by Crippen LogP contribution is 2.39. The molecule has 210 valence electrons. The molecule has 3 rings (SSSR count). The van der Waals surface area contributed by atoms with E-state index in [0.29, 0.717) is 39.0 Å². The lowest BCUT2D eigenvalue weighted by Gasteiger charge is -2.28. The third kappa shape index (κ3) is 9.94. The van der Waals surface area contributed by atoms with Crippen molar-refractivity contribution >= 4 is 29.5 Å². The van der Waals surface area contributed by atoms with Crippen LogP contribution in [0.1, 0.15) is 77.3 Å². The average molecular weight is 536 g/mol. The first-order chi connectivity index (χ1) is 18.4. The molecule has 1 aliphatic rings. The topological polar surface area (TPSA) is 97.8 Å².